The average molecular weight is 455 g/mol. The van der Waals surface area contributed by atoms with E-state index in [1.807, 2.05) is 54.6 Å². The highest BCUT2D eigenvalue weighted by molar-refractivity contribution is 7.15. The Bertz CT molecular complexity index is 1140. The second kappa shape index (κ2) is 9.97. The summed E-state index contributed by atoms with van der Waals surface area (Å²) < 4.78 is 45.1. The van der Waals surface area contributed by atoms with E-state index >= 15 is 0 Å². The predicted molar refractivity (Wildman–Crippen MR) is 120 cm³/mol. The Kier molecular flexibility index (Phi) is 6.87. The maximum atomic E-state index is 13.1. The largest absolute Gasteiger partial charge is 0.489 e. The fraction of sp³-hybridized carbons (Fsp3) is 0.160. The molecule has 0 spiro atoms. The molecule has 1 aromatic heterocycles. The first-order chi connectivity index (χ1) is 15.5. The summed E-state index contributed by atoms with van der Waals surface area (Å²) in [5.41, 5.74) is 1.74. The fourth-order valence-electron chi connectivity index (χ4n) is 3.24. The number of alkyl halides is 3. The molecule has 1 N–H and O–H groups in total. The topological polar surface area (TPSA) is 34.2 Å². The molecular formula is C25H21F3N2OS. The number of nitrogens with one attached hydrogen (secondary N) is 1. The Morgan fingerprint density at radius 3 is 2.31 bits per heavy atom. The third kappa shape index (κ3) is 5.75. The number of hydrogen-bond acceptors (Lipinski definition) is 4. The van der Waals surface area contributed by atoms with Crippen LogP contribution in [0.2, 0.25) is 0 Å². The highest BCUT2D eigenvalue weighted by atomic mass is 32.1. The van der Waals surface area contributed by atoms with Crippen molar-refractivity contribution in [2.45, 2.75) is 25.9 Å². The van der Waals surface area contributed by atoms with Crippen LogP contribution in [0, 0.1) is 0 Å². The van der Waals surface area contributed by atoms with Crippen molar-refractivity contribution < 1.29 is 17.9 Å². The molecule has 0 bridgehead atoms. The normalized spacial score (nSPS) is 11.5. The van der Waals surface area contributed by atoms with Gasteiger partial charge in [-0.3, -0.25) is 0 Å². The third-order valence-electron chi connectivity index (χ3n) is 4.86. The van der Waals surface area contributed by atoms with E-state index in [1.165, 1.54) is 23.5 Å². The van der Waals surface area contributed by atoms with E-state index in [2.05, 4.69) is 10.3 Å². The second-order valence-electron chi connectivity index (χ2n) is 7.18. The molecule has 0 aliphatic heterocycles. The zero-order valence-corrected chi connectivity index (χ0v) is 17.9. The number of halogens is 3. The van der Waals surface area contributed by atoms with Gasteiger partial charge in [0, 0.05) is 19.3 Å². The zero-order chi connectivity index (χ0) is 22.4. The number of hydrogen-bond donors (Lipinski definition) is 1. The van der Waals surface area contributed by atoms with Gasteiger partial charge >= 0.3 is 6.18 Å². The SMILES string of the molecule is FC(F)(F)c1ccccc1CNCc1ncc(-c2ccc(OCc3ccccc3)cc2)s1. The van der Waals surface area contributed by atoms with Crippen LogP contribution in [0.1, 0.15) is 21.7 Å². The molecule has 0 saturated heterocycles. The summed E-state index contributed by atoms with van der Waals surface area (Å²) in [6, 6.07) is 23.4. The fourth-order valence-corrected chi connectivity index (χ4v) is 4.13. The molecule has 0 fully saturated rings. The number of ether oxygens (including phenoxy) is 1. The summed E-state index contributed by atoms with van der Waals surface area (Å²) in [4.78, 5) is 5.39. The summed E-state index contributed by atoms with van der Waals surface area (Å²) in [5.74, 6) is 0.785. The van der Waals surface area contributed by atoms with Gasteiger partial charge in [0.05, 0.1) is 10.4 Å². The minimum absolute atomic E-state index is 0.123. The van der Waals surface area contributed by atoms with Gasteiger partial charge in [0.25, 0.3) is 0 Å². The van der Waals surface area contributed by atoms with Gasteiger partial charge in [-0.25, -0.2) is 4.98 Å². The minimum Gasteiger partial charge on any atom is -0.489 e. The Balaban J connectivity index is 1.32. The van der Waals surface area contributed by atoms with E-state index in [0.29, 0.717) is 13.2 Å². The average Bonchev–Trinajstić information content (AvgIpc) is 3.27. The molecule has 0 saturated carbocycles. The van der Waals surface area contributed by atoms with E-state index in [-0.39, 0.29) is 12.1 Å². The van der Waals surface area contributed by atoms with Gasteiger partial charge in [-0.2, -0.15) is 13.2 Å². The van der Waals surface area contributed by atoms with Crippen LogP contribution in [0.25, 0.3) is 10.4 Å². The van der Waals surface area contributed by atoms with Crippen molar-refractivity contribution >= 4 is 11.3 Å². The summed E-state index contributed by atoms with van der Waals surface area (Å²) in [7, 11) is 0. The molecule has 0 aliphatic carbocycles. The van der Waals surface area contributed by atoms with Gasteiger partial charge in [0.1, 0.15) is 17.4 Å². The van der Waals surface area contributed by atoms with Crippen LogP contribution in [-0.4, -0.2) is 4.98 Å². The lowest BCUT2D eigenvalue weighted by atomic mass is 10.1. The maximum Gasteiger partial charge on any atom is 0.416 e. The predicted octanol–water partition coefficient (Wildman–Crippen LogP) is 6.70. The first kappa shape index (κ1) is 22.0. The van der Waals surface area contributed by atoms with Crippen molar-refractivity contribution in [2.75, 3.05) is 0 Å². The molecule has 0 atom stereocenters. The Labute approximate surface area is 188 Å². The standard InChI is InChI=1S/C25H21F3N2OS/c26-25(27,28)22-9-5-4-8-20(22)14-29-16-24-30-15-23(32-24)19-10-12-21(13-11-19)31-17-18-6-2-1-3-7-18/h1-13,15,29H,14,16-17H2. The van der Waals surface area contributed by atoms with Gasteiger partial charge in [0.15, 0.2) is 0 Å². The quantitative estimate of drug-likeness (QED) is 0.322. The minimum atomic E-state index is -4.36. The monoisotopic (exact) mass is 454 g/mol. The summed E-state index contributed by atoms with van der Waals surface area (Å²) in [6.45, 7) is 1.03. The molecule has 4 aromatic rings. The zero-order valence-electron chi connectivity index (χ0n) is 17.1. The molecule has 0 radical (unpaired) electrons. The first-order valence-corrected chi connectivity index (χ1v) is 10.9. The van der Waals surface area contributed by atoms with Crippen molar-refractivity contribution in [3.05, 3.63) is 107 Å². The second-order valence-corrected chi connectivity index (χ2v) is 8.29. The number of rotatable bonds is 8. The van der Waals surface area contributed by atoms with Crippen LogP contribution in [0.5, 0.6) is 5.75 Å². The molecule has 0 amide bonds. The summed E-state index contributed by atoms with van der Waals surface area (Å²) >= 11 is 1.51. The van der Waals surface area contributed by atoms with Crippen LogP contribution >= 0.6 is 11.3 Å². The van der Waals surface area contributed by atoms with Gasteiger partial charge in [-0.1, -0.05) is 48.5 Å². The summed E-state index contributed by atoms with van der Waals surface area (Å²) in [5, 5.41) is 3.88. The maximum absolute atomic E-state index is 13.1. The lowest BCUT2D eigenvalue weighted by molar-refractivity contribution is -0.138. The number of nitrogens with zero attached hydrogens (tertiary/aromatic N) is 1. The number of aromatic nitrogens is 1. The highest BCUT2D eigenvalue weighted by Crippen LogP contribution is 2.32. The van der Waals surface area contributed by atoms with Crippen molar-refractivity contribution in [3.8, 4) is 16.2 Å². The van der Waals surface area contributed by atoms with Gasteiger partial charge in [-0.05, 0) is 47.0 Å². The molecular weight excluding hydrogens is 433 g/mol. The molecule has 32 heavy (non-hydrogen) atoms. The molecule has 164 valence electrons. The van der Waals surface area contributed by atoms with Crippen LogP contribution in [0.15, 0.2) is 85.1 Å². The van der Waals surface area contributed by atoms with Crippen molar-refractivity contribution in [2.24, 2.45) is 0 Å². The highest BCUT2D eigenvalue weighted by Gasteiger charge is 2.32. The van der Waals surface area contributed by atoms with E-state index in [9.17, 15) is 13.2 Å². The molecule has 3 nitrogen and oxygen atoms in total. The molecule has 0 unspecified atom stereocenters. The molecule has 7 heteroatoms. The van der Waals surface area contributed by atoms with E-state index < -0.39 is 11.7 Å². The smallest absolute Gasteiger partial charge is 0.416 e. The van der Waals surface area contributed by atoms with Crippen LogP contribution in [0.3, 0.4) is 0 Å². The first-order valence-electron chi connectivity index (χ1n) is 10.1. The number of benzene rings is 3. The Hall–Kier alpha value is -3.16. The van der Waals surface area contributed by atoms with Crippen LogP contribution in [-0.2, 0) is 25.9 Å². The van der Waals surface area contributed by atoms with E-state index in [4.69, 9.17) is 4.74 Å². The van der Waals surface area contributed by atoms with Crippen LogP contribution in [0.4, 0.5) is 13.2 Å². The van der Waals surface area contributed by atoms with Crippen molar-refractivity contribution in [3.63, 3.8) is 0 Å². The third-order valence-corrected chi connectivity index (χ3v) is 5.90. The van der Waals surface area contributed by atoms with Crippen molar-refractivity contribution in [1.29, 1.82) is 0 Å². The van der Waals surface area contributed by atoms with Crippen LogP contribution < -0.4 is 10.1 Å². The van der Waals surface area contributed by atoms with Gasteiger partial charge in [-0.15, -0.1) is 11.3 Å². The van der Waals surface area contributed by atoms with Gasteiger partial charge in [0.2, 0.25) is 0 Å². The van der Waals surface area contributed by atoms with E-state index in [1.54, 1.807) is 12.3 Å². The Morgan fingerprint density at radius 2 is 1.56 bits per heavy atom. The number of thiazole rings is 1. The lowest BCUT2D eigenvalue weighted by Gasteiger charge is -2.12. The molecule has 3 aromatic carbocycles. The van der Waals surface area contributed by atoms with Crippen molar-refractivity contribution in [1.82, 2.24) is 10.3 Å². The lowest BCUT2D eigenvalue weighted by Crippen LogP contribution is -2.17. The molecule has 4 rings (SSSR count). The summed E-state index contributed by atoms with van der Waals surface area (Å²) in [6.07, 6.45) is -2.57. The molecule has 0 aliphatic rings. The van der Waals surface area contributed by atoms with E-state index in [0.717, 1.165) is 32.8 Å². The van der Waals surface area contributed by atoms with Gasteiger partial charge < -0.3 is 10.1 Å². The Morgan fingerprint density at radius 1 is 0.844 bits per heavy atom. The molecule has 1 heterocycles.